The molecule has 0 atom stereocenters. The number of aliphatic imine (C=N–C) groups is 1. The van der Waals surface area contributed by atoms with Gasteiger partial charge in [0.05, 0.1) is 24.5 Å². The van der Waals surface area contributed by atoms with Crippen molar-refractivity contribution in [2.45, 2.75) is 33.1 Å². The van der Waals surface area contributed by atoms with E-state index < -0.39 is 0 Å². The van der Waals surface area contributed by atoms with Gasteiger partial charge in [0, 0.05) is 100.0 Å². The Bertz CT molecular complexity index is 2960. The predicted octanol–water partition coefficient (Wildman–Crippen LogP) is 7.87. The molecule has 4 aliphatic rings. The molecule has 6 aromatic rings. The number of rotatable bonds is 10. The molecule has 0 saturated carbocycles. The second-order valence-corrected chi connectivity index (χ2v) is 17.4. The van der Waals surface area contributed by atoms with Crippen LogP contribution in [-0.2, 0) is 9.59 Å². The Morgan fingerprint density at radius 1 is 0.594 bits per heavy atom. The number of hydrogen-bond donors (Lipinski definition) is 4. The number of nitrogens with zero attached hydrogens (tertiary/aromatic N) is 3. The standard InChI is InChI=1S/C55H53N7O2/c1-36(2)50(63)34-61-30-32-62(33-31-61)35-51(64)56-41-20-18-40(19-21-41)55-48-28-26-46(59-48)53(38-14-8-4-9-15-38)44-24-22-42(57-44)52(37-12-6-3-7-13-37)43-23-25-45(58-43)54(39-16-10-5-11-17-39)47-27-29-49(55)60-47/h3-22,24,27-29,36,57,59-60H,23,25-26,30-35H2,1-2H3,(H,56,64). The average molecular weight is 844 g/mol. The van der Waals surface area contributed by atoms with Crippen molar-refractivity contribution in [3.8, 4) is 0 Å². The van der Waals surface area contributed by atoms with Crippen LogP contribution in [-0.4, -0.2) is 76.4 Å². The zero-order chi connectivity index (χ0) is 43.6. The van der Waals surface area contributed by atoms with Crippen LogP contribution in [0, 0.1) is 5.92 Å². The van der Waals surface area contributed by atoms with Crippen molar-refractivity contribution in [3.05, 3.63) is 207 Å². The Balaban J connectivity index is 1.05. The normalized spacial score (nSPS) is 16.9. The first-order valence-corrected chi connectivity index (χ1v) is 22.5. The van der Waals surface area contributed by atoms with Gasteiger partial charge in [-0.15, -0.1) is 0 Å². The highest BCUT2D eigenvalue weighted by Gasteiger charge is 2.27. The minimum absolute atomic E-state index is 0.0357. The molecule has 0 radical (unpaired) electrons. The number of hydrogen-bond acceptors (Lipinski definition) is 6. The molecular weight excluding hydrogens is 791 g/mol. The molecule has 64 heavy (non-hydrogen) atoms. The average Bonchev–Trinajstić information content (AvgIpc) is 4.17. The van der Waals surface area contributed by atoms with E-state index in [1.54, 1.807) is 0 Å². The van der Waals surface area contributed by atoms with E-state index in [-0.39, 0.29) is 17.6 Å². The van der Waals surface area contributed by atoms with Crippen LogP contribution < -0.4 is 21.3 Å². The summed E-state index contributed by atoms with van der Waals surface area (Å²) in [5.41, 5.74) is 15.8. The van der Waals surface area contributed by atoms with Crippen molar-refractivity contribution in [2.75, 3.05) is 44.6 Å². The number of fused-ring (bicyclic) bond motifs is 7. The van der Waals surface area contributed by atoms with Crippen molar-refractivity contribution in [3.63, 3.8) is 0 Å². The first kappa shape index (κ1) is 41.0. The van der Waals surface area contributed by atoms with E-state index in [1.807, 2.05) is 26.0 Å². The monoisotopic (exact) mass is 843 g/mol. The summed E-state index contributed by atoms with van der Waals surface area (Å²) in [5, 5.41) is 9.04. The van der Waals surface area contributed by atoms with Crippen molar-refractivity contribution >= 4 is 45.4 Å². The van der Waals surface area contributed by atoms with Gasteiger partial charge in [-0.3, -0.25) is 24.4 Å². The van der Waals surface area contributed by atoms with Gasteiger partial charge >= 0.3 is 0 Å². The maximum absolute atomic E-state index is 13.3. The van der Waals surface area contributed by atoms with E-state index in [0.29, 0.717) is 19.5 Å². The zero-order valence-electron chi connectivity index (χ0n) is 36.5. The number of aromatic amines is 2. The zero-order valence-corrected chi connectivity index (χ0v) is 36.5. The molecule has 0 unspecified atom stereocenters. The molecule has 4 N–H and O–H groups in total. The van der Waals surface area contributed by atoms with Crippen LogP contribution in [0.1, 0.15) is 66.8 Å². The van der Waals surface area contributed by atoms with Crippen molar-refractivity contribution in [1.82, 2.24) is 25.1 Å². The van der Waals surface area contributed by atoms with Gasteiger partial charge in [0.15, 0.2) is 0 Å². The molecule has 9 nitrogen and oxygen atoms in total. The van der Waals surface area contributed by atoms with E-state index in [0.717, 1.165) is 134 Å². The van der Waals surface area contributed by atoms with Gasteiger partial charge in [-0.1, -0.05) is 123 Å². The fraction of sp³-hybridized carbons (Fsp3) is 0.218. The number of piperazine rings is 1. The van der Waals surface area contributed by atoms with E-state index >= 15 is 0 Å². The number of allylic oxidation sites excluding steroid dienone is 3. The van der Waals surface area contributed by atoms with Gasteiger partial charge in [-0.2, -0.15) is 0 Å². The van der Waals surface area contributed by atoms with Gasteiger partial charge < -0.3 is 20.6 Å². The summed E-state index contributed by atoms with van der Waals surface area (Å²) in [4.78, 5) is 43.2. The van der Waals surface area contributed by atoms with E-state index in [1.165, 1.54) is 0 Å². The third kappa shape index (κ3) is 8.52. The molecule has 320 valence electrons. The van der Waals surface area contributed by atoms with E-state index in [9.17, 15) is 9.59 Å². The SMILES string of the molecule is CC(C)C(=O)CN1CCN(CC(=O)Nc2ccc(C3=c4ccc([nH]4)=C(c4ccccc4)C4=NC(=C(c5ccccc5)c5ccc([nH]5)C(c5ccccc5)=C5CC=C3N5)CC4)cc2)CC1. The van der Waals surface area contributed by atoms with Crippen molar-refractivity contribution in [2.24, 2.45) is 10.9 Å². The molecule has 1 saturated heterocycles. The number of carbonyl (C=O) groups excluding carboxylic acids is 2. The number of amides is 1. The lowest BCUT2D eigenvalue weighted by atomic mass is 9.97. The number of ketones is 1. The molecule has 4 aromatic carbocycles. The second kappa shape index (κ2) is 18.0. The number of anilines is 1. The molecule has 2 aromatic heterocycles. The van der Waals surface area contributed by atoms with Gasteiger partial charge in [0.2, 0.25) is 5.91 Å². The van der Waals surface area contributed by atoms with Crippen molar-refractivity contribution in [1.29, 1.82) is 0 Å². The van der Waals surface area contributed by atoms with Crippen molar-refractivity contribution < 1.29 is 9.59 Å². The highest BCUT2D eigenvalue weighted by molar-refractivity contribution is 6.24. The van der Waals surface area contributed by atoms with Crippen LogP contribution in [0.5, 0.6) is 0 Å². The minimum Gasteiger partial charge on any atom is -0.358 e. The molecule has 0 aliphatic carbocycles. The molecule has 6 heterocycles. The predicted molar refractivity (Wildman–Crippen MR) is 258 cm³/mol. The first-order chi connectivity index (χ1) is 31.3. The number of H-pyrrole nitrogens is 2. The molecule has 1 amide bonds. The Morgan fingerprint density at radius 3 is 1.77 bits per heavy atom. The lowest BCUT2D eigenvalue weighted by Gasteiger charge is -2.34. The largest absolute Gasteiger partial charge is 0.358 e. The Labute approximate surface area is 374 Å². The third-order valence-corrected chi connectivity index (χ3v) is 12.8. The quantitative estimate of drug-likeness (QED) is 0.112. The summed E-state index contributed by atoms with van der Waals surface area (Å²) >= 11 is 0. The molecule has 8 bridgehead atoms. The summed E-state index contributed by atoms with van der Waals surface area (Å²) in [6.45, 7) is 7.77. The fourth-order valence-electron chi connectivity index (χ4n) is 9.39. The number of nitrogens with one attached hydrogen (secondary N) is 4. The van der Waals surface area contributed by atoms with Crippen LogP contribution in [0.25, 0.3) is 22.3 Å². The fourth-order valence-corrected chi connectivity index (χ4v) is 9.39. The lowest BCUT2D eigenvalue weighted by molar-refractivity contribution is -0.124. The van der Waals surface area contributed by atoms with Crippen LogP contribution in [0.2, 0.25) is 0 Å². The summed E-state index contributed by atoms with van der Waals surface area (Å²) < 4.78 is 0. The van der Waals surface area contributed by atoms with Gasteiger partial charge in [0.25, 0.3) is 0 Å². The van der Waals surface area contributed by atoms with Gasteiger partial charge in [-0.25, -0.2) is 0 Å². The van der Waals surface area contributed by atoms with Crippen LogP contribution in [0.3, 0.4) is 0 Å². The topological polar surface area (TPSA) is 109 Å². The summed E-state index contributed by atoms with van der Waals surface area (Å²) in [7, 11) is 0. The highest BCUT2D eigenvalue weighted by atomic mass is 16.2. The third-order valence-electron chi connectivity index (χ3n) is 12.8. The molecule has 1 fully saturated rings. The Kier molecular flexibility index (Phi) is 11.5. The summed E-state index contributed by atoms with van der Waals surface area (Å²) in [6.07, 6.45) is 4.62. The van der Waals surface area contributed by atoms with E-state index in [4.69, 9.17) is 4.99 Å². The van der Waals surface area contributed by atoms with Gasteiger partial charge in [0.1, 0.15) is 5.78 Å². The maximum atomic E-state index is 13.3. The lowest BCUT2D eigenvalue weighted by Crippen LogP contribution is -2.50. The molecule has 0 spiro atoms. The van der Waals surface area contributed by atoms with E-state index in [2.05, 4.69) is 164 Å². The number of benzene rings is 4. The van der Waals surface area contributed by atoms with Gasteiger partial charge in [-0.05, 0) is 71.5 Å². The molecule has 9 heteroatoms. The Morgan fingerprint density at radius 2 is 1.14 bits per heavy atom. The maximum Gasteiger partial charge on any atom is 0.238 e. The Hall–Kier alpha value is -7.07. The number of aromatic nitrogens is 2. The highest BCUT2D eigenvalue weighted by Crippen LogP contribution is 2.38. The first-order valence-electron chi connectivity index (χ1n) is 22.5. The minimum atomic E-state index is -0.0469. The molecular formula is C55H53N7O2. The molecule has 10 rings (SSSR count). The summed E-state index contributed by atoms with van der Waals surface area (Å²) in [6, 6.07) is 48.8. The molecule has 4 aliphatic heterocycles. The number of Topliss-reactive ketones (excluding diaryl/α,β-unsaturated/α-hetero) is 1. The smallest absolute Gasteiger partial charge is 0.238 e. The number of carbonyl (C=O) groups is 2. The van der Waals surface area contributed by atoms with Crippen LogP contribution >= 0.6 is 0 Å². The van der Waals surface area contributed by atoms with Crippen LogP contribution in [0.4, 0.5) is 5.69 Å². The van der Waals surface area contributed by atoms with Crippen LogP contribution in [0.15, 0.2) is 168 Å². The second-order valence-electron chi connectivity index (χ2n) is 17.4. The summed E-state index contributed by atoms with van der Waals surface area (Å²) in [5.74, 6) is 0.252.